The van der Waals surface area contributed by atoms with E-state index < -0.39 is 48.3 Å². The van der Waals surface area contributed by atoms with Crippen LogP contribution < -0.4 is 74.5 Å². The Hall–Kier alpha value is -5.77. The Balaban J connectivity index is 2.05. The Morgan fingerprint density at radius 2 is 1.14 bits per heavy atom. The van der Waals surface area contributed by atoms with E-state index in [0.29, 0.717) is 96.7 Å². The van der Waals surface area contributed by atoms with Crippen molar-refractivity contribution in [2.45, 2.75) is 78.3 Å². The molecule has 0 saturated carbocycles. The molecule has 2 atom stereocenters. The van der Waals surface area contributed by atoms with Crippen molar-refractivity contribution in [1.82, 2.24) is 31.9 Å². The molecule has 15 N–H and O–H groups in total. The van der Waals surface area contributed by atoms with Crippen LogP contribution in [0.5, 0.6) is 23.0 Å². The number of benzene rings is 2. The third-order valence-electron chi connectivity index (χ3n) is 10.2. The number of phenols is 1. The molecule has 0 fully saturated rings. The van der Waals surface area contributed by atoms with E-state index >= 15 is 0 Å². The molecular weight excluding hydrogens is 853 g/mol. The van der Waals surface area contributed by atoms with E-state index in [1.807, 2.05) is 39.8 Å². The Morgan fingerprint density at radius 1 is 0.667 bits per heavy atom. The van der Waals surface area contributed by atoms with Crippen molar-refractivity contribution >= 4 is 45.6 Å². The van der Waals surface area contributed by atoms with Gasteiger partial charge in [-0.2, -0.15) is 0 Å². The van der Waals surface area contributed by atoms with Gasteiger partial charge in [0.15, 0.2) is 24.7 Å². The Labute approximate surface area is 386 Å². The molecule has 66 heavy (non-hydrogen) atoms. The molecule has 366 valence electrons. The summed E-state index contributed by atoms with van der Waals surface area (Å²) in [5.41, 5.74) is 24.4. The molecular formula is C46H72N10O10. The minimum atomic E-state index is -0.879. The normalized spacial score (nSPS) is 12.0. The lowest BCUT2D eigenvalue weighted by Crippen LogP contribution is -2.49. The molecule has 0 bridgehead atoms. The fourth-order valence-electron chi connectivity index (χ4n) is 6.86. The van der Waals surface area contributed by atoms with Crippen molar-refractivity contribution in [3.05, 3.63) is 56.8 Å². The van der Waals surface area contributed by atoms with E-state index in [1.165, 1.54) is 19.2 Å². The topological polar surface area (TPSA) is 323 Å². The van der Waals surface area contributed by atoms with Gasteiger partial charge in [0.1, 0.15) is 40.1 Å². The van der Waals surface area contributed by atoms with Gasteiger partial charge in [-0.3, -0.25) is 24.0 Å². The zero-order chi connectivity index (χ0) is 48.6. The third kappa shape index (κ3) is 16.9. The molecule has 0 spiro atoms. The summed E-state index contributed by atoms with van der Waals surface area (Å²) in [5, 5.41) is 29.1. The molecule has 3 aromatic rings. The number of methoxy groups -OCH3 is 1. The number of rotatable bonds is 31. The van der Waals surface area contributed by atoms with Gasteiger partial charge >= 0.3 is 0 Å². The van der Waals surface area contributed by atoms with Crippen LogP contribution >= 0.6 is 0 Å². The molecule has 20 nitrogen and oxygen atoms in total. The molecule has 2 aromatic carbocycles. The summed E-state index contributed by atoms with van der Waals surface area (Å²) in [6.07, 6.45) is 5.62. The van der Waals surface area contributed by atoms with Crippen molar-refractivity contribution in [3.8, 4) is 23.0 Å². The lowest BCUT2D eigenvalue weighted by Gasteiger charge is -2.20. The van der Waals surface area contributed by atoms with Crippen LogP contribution in [0.15, 0.2) is 44.6 Å². The van der Waals surface area contributed by atoms with Crippen molar-refractivity contribution in [1.29, 1.82) is 0 Å². The number of carbonyl (C=O) groups is 4. The molecule has 0 saturated heterocycles. The molecule has 3 rings (SSSR count). The summed E-state index contributed by atoms with van der Waals surface area (Å²) in [5.74, 6) is -2.05. The summed E-state index contributed by atoms with van der Waals surface area (Å²) < 4.78 is 24.3. The number of aromatic hydroxyl groups is 1. The minimum Gasteiger partial charge on any atom is -0.507 e. The number of nitrogens with one attached hydrogen (secondary N) is 6. The largest absolute Gasteiger partial charge is 0.507 e. The van der Waals surface area contributed by atoms with Crippen molar-refractivity contribution in [2.24, 2.45) is 22.9 Å². The van der Waals surface area contributed by atoms with Crippen LogP contribution in [-0.2, 0) is 32.0 Å². The van der Waals surface area contributed by atoms with E-state index in [9.17, 15) is 29.1 Å². The maximum Gasteiger partial charge on any atom is 0.258 e. The monoisotopic (exact) mass is 925 g/mol. The molecule has 1 aromatic heterocycles. The number of phenolic OH excluding ortho intramolecular Hbond substituents is 1. The molecule has 0 aliphatic rings. The number of amides is 4. The van der Waals surface area contributed by atoms with E-state index in [0.717, 1.165) is 11.1 Å². The predicted octanol–water partition coefficient (Wildman–Crippen LogP) is 0.212. The van der Waals surface area contributed by atoms with Crippen molar-refractivity contribution in [2.75, 3.05) is 85.8 Å². The number of hydrogen-bond donors (Lipinski definition) is 11. The number of hydrogen-bond acceptors (Lipinski definition) is 16. The van der Waals surface area contributed by atoms with Crippen LogP contribution in [0.3, 0.4) is 0 Å². The van der Waals surface area contributed by atoms with Crippen LogP contribution in [0, 0.1) is 0 Å². The van der Waals surface area contributed by atoms with Gasteiger partial charge in [0.05, 0.1) is 12.5 Å². The highest BCUT2D eigenvalue weighted by molar-refractivity contribution is 5.98. The van der Waals surface area contributed by atoms with Gasteiger partial charge in [0, 0.05) is 75.6 Å². The van der Waals surface area contributed by atoms with Gasteiger partial charge < -0.3 is 78.6 Å². The third-order valence-corrected chi connectivity index (χ3v) is 10.2. The second kappa shape index (κ2) is 29.0. The minimum absolute atomic E-state index is 0.0523. The molecule has 2 unspecified atom stereocenters. The van der Waals surface area contributed by atoms with Gasteiger partial charge in [-0.1, -0.05) is 23.3 Å². The van der Waals surface area contributed by atoms with Crippen LogP contribution in [0.1, 0.15) is 64.5 Å². The summed E-state index contributed by atoms with van der Waals surface area (Å²) >= 11 is 0. The average Bonchev–Trinajstić information content (AvgIpc) is 3.28. The summed E-state index contributed by atoms with van der Waals surface area (Å²) in [7, 11) is 1.41. The Morgan fingerprint density at radius 3 is 1.61 bits per heavy atom. The van der Waals surface area contributed by atoms with E-state index in [1.54, 1.807) is 0 Å². The van der Waals surface area contributed by atoms with Crippen LogP contribution in [0.25, 0.3) is 21.9 Å². The van der Waals surface area contributed by atoms with Crippen LogP contribution in [0.2, 0.25) is 0 Å². The Kier molecular flexibility index (Phi) is 24.0. The van der Waals surface area contributed by atoms with Gasteiger partial charge in [0.2, 0.25) is 17.2 Å². The van der Waals surface area contributed by atoms with Gasteiger partial charge in [-0.25, -0.2) is 0 Å². The first-order valence-corrected chi connectivity index (χ1v) is 22.4. The second-order valence-corrected chi connectivity index (χ2v) is 16.1. The number of fused-ring (bicyclic) bond motifs is 2. The second-order valence-electron chi connectivity index (χ2n) is 16.1. The summed E-state index contributed by atoms with van der Waals surface area (Å²) in [4.78, 5) is 67.3. The predicted molar refractivity (Wildman–Crippen MR) is 256 cm³/mol. The molecule has 0 aliphatic heterocycles. The summed E-state index contributed by atoms with van der Waals surface area (Å²) in [6.45, 7) is 10.9. The number of allylic oxidation sites excluding steroid dienone is 4. The number of carbonyl (C=O) groups excluding carboxylic acids is 4. The molecule has 1 heterocycles. The molecule has 4 amide bonds. The quantitative estimate of drug-likeness (QED) is 0.0234. The highest BCUT2D eigenvalue weighted by atomic mass is 16.5. The molecule has 0 aliphatic carbocycles. The maximum atomic E-state index is 14.7. The zero-order valence-corrected chi connectivity index (χ0v) is 39.1. The van der Waals surface area contributed by atoms with Gasteiger partial charge in [-0.15, -0.1) is 0 Å². The van der Waals surface area contributed by atoms with E-state index in [2.05, 4.69) is 31.9 Å². The highest BCUT2D eigenvalue weighted by Gasteiger charge is 2.27. The van der Waals surface area contributed by atoms with Crippen LogP contribution in [0.4, 0.5) is 0 Å². The average molecular weight is 925 g/mol. The van der Waals surface area contributed by atoms with E-state index in [-0.39, 0.29) is 69.4 Å². The standard InChI is InChI=1S/C46H72N10O10/c1-28(2)10-12-30-34(64-26-38(57)55-32(8-6-14-47)45(61)53-22-20-51-18-16-49)24-36-41(42(30)59)43(60)40-31(13-11-29(3)4)44(63-5)37(25-35(40)66-36)65-27-39(58)56-33(9-7-15-48)46(62)54-23-21-52-19-17-50/h10-11,24-25,32-33,51-52,59H,6-9,12-23,26-27,47-50H2,1-5H3,(H,53,61)(H,54,62)(H,55,57)(H,56,58). The van der Waals surface area contributed by atoms with Crippen molar-refractivity contribution in [3.63, 3.8) is 0 Å². The highest BCUT2D eigenvalue weighted by Crippen LogP contribution is 2.41. The smallest absolute Gasteiger partial charge is 0.258 e. The number of ether oxygens (including phenoxy) is 3. The first-order chi connectivity index (χ1) is 31.7. The fraction of sp³-hybridized carbons (Fsp3) is 0.543. The Bertz CT molecular complexity index is 2200. The van der Waals surface area contributed by atoms with E-state index in [4.69, 9.17) is 41.6 Å². The molecule has 0 radical (unpaired) electrons. The summed E-state index contributed by atoms with van der Waals surface area (Å²) in [6, 6.07) is 1.10. The first-order valence-electron chi connectivity index (χ1n) is 22.4. The van der Waals surface area contributed by atoms with Crippen molar-refractivity contribution < 1.29 is 42.9 Å². The van der Waals surface area contributed by atoms with Gasteiger partial charge in [0.25, 0.3) is 11.8 Å². The zero-order valence-electron chi connectivity index (χ0n) is 39.1. The SMILES string of the molecule is COc1c(OCC(=O)NC(CCCN)C(=O)NCCNCCN)cc2oc3cc(OCC(=O)NC(CCCN)C(=O)NCCNCCN)c(CC=C(C)C)c(O)c3c(=O)c2c1CC=C(C)C. The van der Waals surface area contributed by atoms with Crippen LogP contribution in [-0.4, -0.2) is 127 Å². The maximum absolute atomic E-state index is 14.7. The number of nitrogens with two attached hydrogens (primary N) is 4. The molecule has 20 heteroatoms. The van der Waals surface area contributed by atoms with Gasteiger partial charge in [-0.05, 0) is 79.3 Å². The lowest BCUT2D eigenvalue weighted by atomic mass is 9.98. The lowest BCUT2D eigenvalue weighted by molar-refractivity contribution is -0.130. The fourth-order valence-corrected chi connectivity index (χ4v) is 6.86. The first kappa shape index (κ1) is 54.6.